The number of hydrogen-bond acceptors (Lipinski definition) is 6. The molecule has 200 valence electrons. The van der Waals surface area contributed by atoms with E-state index in [2.05, 4.69) is 10.3 Å². The fourth-order valence-electron chi connectivity index (χ4n) is 4.35. The van der Waals surface area contributed by atoms with Gasteiger partial charge in [-0.15, -0.1) is 0 Å². The lowest BCUT2D eigenvalue weighted by molar-refractivity contribution is -0.117. The van der Waals surface area contributed by atoms with Crippen LogP contribution in [0.1, 0.15) is 16.1 Å². The topological polar surface area (TPSA) is 98.8 Å². The average Bonchev–Trinajstić information content (AvgIpc) is 3.74. The number of amides is 2. The Kier molecular flexibility index (Phi) is 6.72. The van der Waals surface area contributed by atoms with Crippen molar-refractivity contribution in [1.82, 2.24) is 14.5 Å². The van der Waals surface area contributed by atoms with Gasteiger partial charge in [0.2, 0.25) is 18.6 Å². The van der Waals surface area contributed by atoms with E-state index in [-0.39, 0.29) is 31.6 Å². The SMILES string of the molecule is O=C(CN(Cc1ccco1)C(=O)c1ccc2c(c1)OCO2)Nc1nc(-c2ccccc2)cn1-c1ccc(F)cc1. The Bertz CT molecular complexity index is 1650. The summed E-state index contributed by atoms with van der Waals surface area (Å²) < 4.78 is 31.5. The lowest BCUT2D eigenvalue weighted by atomic mass is 10.1. The van der Waals surface area contributed by atoms with Gasteiger partial charge in [0, 0.05) is 23.0 Å². The second kappa shape index (κ2) is 10.8. The number of ether oxygens (including phenoxy) is 2. The van der Waals surface area contributed by atoms with Gasteiger partial charge in [-0.2, -0.15) is 0 Å². The van der Waals surface area contributed by atoms with Crippen LogP contribution in [-0.2, 0) is 11.3 Å². The van der Waals surface area contributed by atoms with Crippen molar-refractivity contribution in [2.24, 2.45) is 0 Å². The number of carbonyl (C=O) groups is 2. The van der Waals surface area contributed by atoms with Gasteiger partial charge in [0.25, 0.3) is 5.91 Å². The highest BCUT2D eigenvalue weighted by Gasteiger charge is 2.24. The number of rotatable bonds is 8. The Morgan fingerprint density at radius 3 is 2.52 bits per heavy atom. The number of furan rings is 1. The maximum Gasteiger partial charge on any atom is 0.254 e. The fraction of sp³-hybridized carbons (Fsp3) is 0.100. The van der Waals surface area contributed by atoms with Gasteiger partial charge in [0.1, 0.15) is 18.1 Å². The Labute approximate surface area is 228 Å². The molecule has 10 heteroatoms. The van der Waals surface area contributed by atoms with Gasteiger partial charge in [-0.1, -0.05) is 30.3 Å². The first-order valence-electron chi connectivity index (χ1n) is 12.5. The molecule has 1 N–H and O–H groups in total. The molecular formula is C30H23FN4O5. The van der Waals surface area contributed by atoms with Gasteiger partial charge < -0.3 is 18.8 Å². The quantitative estimate of drug-likeness (QED) is 0.289. The largest absolute Gasteiger partial charge is 0.467 e. The van der Waals surface area contributed by atoms with Crippen molar-refractivity contribution in [1.29, 1.82) is 0 Å². The molecule has 0 saturated heterocycles. The summed E-state index contributed by atoms with van der Waals surface area (Å²) in [6, 6.07) is 23.6. The summed E-state index contributed by atoms with van der Waals surface area (Å²) in [6.07, 6.45) is 3.26. The molecule has 0 saturated carbocycles. The molecule has 2 amide bonds. The van der Waals surface area contributed by atoms with Crippen molar-refractivity contribution in [3.05, 3.63) is 115 Å². The Hall–Kier alpha value is -5.38. The summed E-state index contributed by atoms with van der Waals surface area (Å²) in [6.45, 7) is -0.141. The molecule has 1 aliphatic heterocycles. The molecule has 0 radical (unpaired) electrons. The van der Waals surface area contributed by atoms with Crippen molar-refractivity contribution in [3.8, 4) is 28.4 Å². The van der Waals surface area contributed by atoms with Crippen LogP contribution in [0, 0.1) is 5.82 Å². The minimum absolute atomic E-state index is 0.0648. The maximum absolute atomic E-state index is 13.6. The number of fused-ring (bicyclic) bond motifs is 1. The number of halogens is 1. The standard InChI is InChI=1S/C30H23FN4O5/c31-22-9-11-23(12-10-22)35-17-25(20-5-2-1-3-6-20)32-30(35)33-28(36)18-34(16-24-7-4-14-38-24)29(37)21-8-13-26-27(15-21)40-19-39-26/h1-15,17H,16,18-19H2,(H,32,33,36). The molecular weight excluding hydrogens is 515 g/mol. The molecule has 0 fully saturated rings. The number of imidazole rings is 1. The Morgan fingerprint density at radius 2 is 1.75 bits per heavy atom. The highest BCUT2D eigenvalue weighted by molar-refractivity contribution is 5.99. The van der Waals surface area contributed by atoms with E-state index < -0.39 is 11.8 Å². The van der Waals surface area contributed by atoms with Crippen LogP contribution in [0.3, 0.4) is 0 Å². The zero-order valence-corrected chi connectivity index (χ0v) is 21.1. The summed E-state index contributed by atoms with van der Waals surface area (Å²) in [5.74, 6) is 0.501. The summed E-state index contributed by atoms with van der Waals surface area (Å²) in [7, 11) is 0. The Morgan fingerprint density at radius 1 is 0.950 bits per heavy atom. The van der Waals surface area contributed by atoms with Crippen LogP contribution in [0.2, 0.25) is 0 Å². The summed E-state index contributed by atoms with van der Waals surface area (Å²) in [4.78, 5) is 32.9. The van der Waals surface area contributed by atoms with Gasteiger partial charge in [-0.3, -0.25) is 19.5 Å². The van der Waals surface area contributed by atoms with Crippen LogP contribution < -0.4 is 14.8 Å². The zero-order valence-electron chi connectivity index (χ0n) is 21.1. The maximum atomic E-state index is 13.6. The van der Waals surface area contributed by atoms with Crippen molar-refractivity contribution in [2.75, 3.05) is 18.7 Å². The molecule has 0 aliphatic carbocycles. The number of carbonyl (C=O) groups excluding carboxylic acids is 2. The number of benzene rings is 3. The van der Waals surface area contributed by atoms with Crippen LogP contribution >= 0.6 is 0 Å². The number of anilines is 1. The number of hydrogen-bond donors (Lipinski definition) is 1. The smallest absolute Gasteiger partial charge is 0.254 e. The number of nitrogens with zero attached hydrogens (tertiary/aromatic N) is 3. The minimum Gasteiger partial charge on any atom is -0.467 e. The third-order valence-corrected chi connectivity index (χ3v) is 6.30. The average molecular weight is 539 g/mol. The Balaban J connectivity index is 1.28. The third-order valence-electron chi connectivity index (χ3n) is 6.30. The molecule has 3 heterocycles. The third kappa shape index (κ3) is 5.28. The molecule has 3 aromatic carbocycles. The molecule has 0 atom stereocenters. The normalized spacial score (nSPS) is 11.8. The minimum atomic E-state index is -0.478. The van der Waals surface area contributed by atoms with Gasteiger partial charge in [-0.05, 0) is 54.6 Å². The van der Waals surface area contributed by atoms with Crippen molar-refractivity contribution in [3.63, 3.8) is 0 Å². The lowest BCUT2D eigenvalue weighted by Crippen LogP contribution is -2.37. The first-order chi connectivity index (χ1) is 19.5. The monoisotopic (exact) mass is 538 g/mol. The van der Waals surface area contributed by atoms with Crippen LogP contribution in [0.15, 0.2) is 102 Å². The van der Waals surface area contributed by atoms with Crippen LogP contribution in [0.4, 0.5) is 10.3 Å². The molecule has 9 nitrogen and oxygen atoms in total. The van der Waals surface area contributed by atoms with E-state index in [0.29, 0.717) is 34.2 Å². The van der Waals surface area contributed by atoms with E-state index in [9.17, 15) is 14.0 Å². The molecule has 0 unspecified atom stereocenters. The molecule has 5 aromatic rings. The van der Waals surface area contributed by atoms with Gasteiger partial charge in [-0.25, -0.2) is 9.37 Å². The van der Waals surface area contributed by atoms with E-state index in [0.717, 1.165) is 5.56 Å². The van der Waals surface area contributed by atoms with Crippen LogP contribution in [0.25, 0.3) is 16.9 Å². The van der Waals surface area contributed by atoms with E-state index in [1.807, 2.05) is 30.3 Å². The highest BCUT2D eigenvalue weighted by atomic mass is 19.1. The first-order valence-corrected chi connectivity index (χ1v) is 12.5. The lowest BCUT2D eigenvalue weighted by Gasteiger charge is -2.21. The predicted molar refractivity (Wildman–Crippen MR) is 144 cm³/mol. The summed E-state index contributed by atoms with van der Waals surface area (Å²) in [5, 5.41) is 2.82. The van der Waals surface area contributed by atoms with Crippen molar-refractivity contribution >= 4 is 17.8 Å². The predicted octanol–water partition coefficient (Wildman–Crippen LogP) is 5.28. The van der Waals surface area contributed by atoms with Gasteiger partial charge >= 0.3 is 0 Å². The summed E-state index contributed by atoms with van der Waals surface area (Å²) in [5.41, 5.74) is 2.40. The molecule has 0 spiro atoms. The second-order valence-electron chi connectivity index (χ2n) is 9.02. The van der Waals surface area contributed by atoms with Gasteiger partial charge in [0.05, 0.1) is 18.5 Å². The molecule has 40 heavy (non-hydrogen) atoms. The van der Waals surface area contributed by atoms with Crippen molar-refractivity contribution in [2.45, 2.75) is 6.54 Å². The van der Waals surface area contributed by atoms with E-state index in [4.69, 9.17) is 13.9 Å². The number of nitrogens with one attached hydrogen (secondary N) is 1. The van der Waals surface area contributed by atoms with E-state index in [1.54, 1.807) is 53.2 Å². The van der Waals surface area contributed by atoms with Crippen molar-refractivity contribution < 1.29 is 27.9 Å². The zero-order chi connectivity index (χ0) is 27.5. The number of aromatic nitrogens is 2. The second-order valence-corrected chi connectivity index (χ2v) is 9.02. The molecule has 2 aromatic heterocycles. The molecule has 0 bridgehead atoms. The highest BCUT2D eigenvalue weighted by Crippen LogP contribution is 2.33. The first kappa shape index (κ1) is 24.9. The van der Waals surface area contributed by atoms with E-state index in [1.165, 1.54) is 23.3 Å². The van der Waals surface area contributed by atoms with Crippen LogP contribution in [-0.4, -0.2) is 39.6 Å². The van der Waals surface area contributed by atoms with E-state index >= 15 is 0 Å². The van der Waals surface area contributed by atoms with Gasteiger partial charge in [0.15, 0.2) is 11.5 Å². The fourth-order valence-corrected chi connectivity index (χ4v) is 4.35. The summed E-state index contributed by atoms with van der Waals surface area (Å²) >= 11 is 0. The molecule has 1 aliphatic rings. The molecule has 6 rings (SSSR count). The van der Waals surface area contributed by atoms with Crippen LogP contribution in [0.5, 0.6) is 11.5 Å².